The number of hydrogen-bond donors (Lipinski definition) is 2. The molecule has 0 atom stereocenters. The van der Waals surface area contributed by atoms with Crippen LogP contribution in [0.4, 0.5) is 5.69 Å². The number of nitrogens with two attached hydrogens (primary N) is 1. The predicted molar refractivity (Wildman–Crippen MR) is 83.9 cm³/mol. The van der Waals surface area contributed by atoms with Gasteiger partial charge in [-0.3, -0.25) is 0 Å². The highest BCUT2D eigenvalue weighted by atomic mass is 32.2. The Hall–Kier alpha value is -1.11. The zero-order chi connectivity index (χ0) is 15.2. The van der Waals surface area contributed by atoms with Gasteiger partial charge in [0.25, 0.3) is 0 Å². The van der Waals surface area contributed by atoms with Crippen molar-refractivity contribution in [3.8, 4) is 0 Å². The Morgan fingerprint density at radius 2 is 2.05 bits per heavy atom. The van der Waals surface area contributed by atoms with Crippen LogP contribution in [-0.4, -0.2) is 39.5 Å². The Bertz CT molecular complexity index is 515. The van der Waals surface area contributed by atoms with Crippen molar-refractivity contribution in [2.75, 3.05) is 25.9 Å². The lowest BCUT2D eigenvalue weighted by Crippen LogP contribution is -2.31. The van der Waals surface area contributed by atoms with Gasteiger partial charge in [-0.1, -0.05) is 12.1 Å². The molecule has 0 fully saturated rings. The van der Waals surface area contributed by atoms with Crippen LogP contribution >= 0.6 is 0 Å². The number of rotatable bonds is 8. The maximum atomic E-state index is 11.9. The van der Waals surface area contributed by atoms with E-state index in [1.165, 1.54) is 0 Å². The van der Waals surface area contributed by atoms with Crippen LogP contribution in [0.25, 0.3) is 0 Å². The lowest BCUT2D eigenvalue weighted by atomic mass is 10.2. The average molecular weight is 299 g/mol. The standard InChI is InChI=1S/C14H25N3O2S/c1-12(2)17(3)9-5-8-16-20(18,19)11-13-6-4-7-14(15)10-13/h4,6-7,10,12,16H,5,8-9,11,15H2,1-3H3. The summed E-state index contributed by atoms with van der Waals surface area (Å²) in [5.41, 5.74) is 6.93. The van der Waals surface area contributed by atoms with E-state index in [2.05, 4.69) is 23.5 Å². The van der Waals surface area contributed by atoms with Crippen LogP contribution in [0.15, 0.2) is 24.3 Å². The van der Waals surface area contributed by atoms with Crippen molar-refractivity contribution in [2.45, 2.75) is 32.1 Å². The molecule has 0 saturated carbocycles. The maximum Gasteiger partial charge on any atom is 0.215 e. The van der Waals surface area contributed by atoms with E-state index in [4.69, 9.17) is 5.73 Å². The molecular weight excluding hydrogens is 274 g/mol. The van der Waals surface area contributed by atoms with Crippen LogP contribution in [-0.2, 0) is 15.8 Å². The van der Waals surface area contributed by atoms with Crippen LogP contribution in [0.1, 0.15) is 25.8 Å². The third-order valence-corrected chi connectivity index (χ3v) is 4.56. The van der Waals surface area contributed by atoms with E-state index in [0.717, 1.165) is 13.0 Å². The number of sulfonamides is 1. The summed E-state index contributed by atoms with van der Waals surface area (Å²) in [6.45, 7) is 5.56. The van der Waals surface area contributed by atoms with E-state index in [9.17, 15) is 8.42 Å². The summed E-state index contributed by atoms with van der Waals surface area (Å²) >= 11 is 0. The number of nitrogen functional groups attached to an aromatic ring is 1. The fourth-order valence-corrected chi connectivity index (χ4v) is 2.94. The molecular formula is C14H25N3O2S. The summed E-state index contributed by atoms with van der Waals surface area (Å²) in [4.78, 5) is 2.19. The summed E-state index contributed by atoms with van der Waals surface area (Å²) in [5.74, 6) is -0.0297. The Balaban J connectivity index is 2.39. The molecule has 0 aliphatic heterocycles. The van der Waals surface area contributed by atoms with Crippen LogP contribution in [0.2, 0.25) is 0 Å². The van der Waals surface area contributed by atoms with Gasteiger partial charge in [0.2, 0.25) is 10.0 Å². The van der Waals surface area contributed by atoms with Gasteiger partial charge in [0.1, 0.15) is 0 Å². The molecule has 0 aliphatic carbocycles. The first-order valence-electron chi connectivity index (χ1n) is 6.82. The third-order valence-electron chi connectivity index (χ3n) is 3.20. The molecule has 0 heterocycles. The second-order valence-corrected chi connectivity index (χ2v) is 7.13. The Labute approximate surface area is 122 Å². The molecule has 1 rings (SSSR count). The SMILES string of the molecule is CC(C)N(C)CCCNS(=O)(=O)Cc1cccc(N)c1. The molecule has 20 heavy (non-hydrogen) atoms. The molecule has 0 bridgehead atoms. The highest BCUT2D eigenvalue weighted by Crippen LogP contribution is 2.09. The monoisotopic (exact) mass is 299 g/mol. The summed E-state index contributed by atoms with van der Waals surface area (Å²) in [7, 11) is -1.26. The number of nitrogens with zero attached hydrogens (tertiary/aromatic N) is 1. The molecule has 1 aromatic carbocycles. The number of benzene rings is 1. The topological polar surface area (TPSA) is 75.4 Å². The van der Waals surface area contributed by atoms with Gasteiger partial charge < -0.3 is 10.6 Å². The van der Waals surface area contributed by atoms with Crippen molar-refractivity contribution in [3.63, 3.8) is 0 Å². The molecule has 0 amide bonds. The predicted octanol–water partition coefficient (Wildman–Crippen LogP) is 1.42. The molecule has 3 N–H and O–H groups in total. The van der Waals surface area contributed by atoms with E-state index in [0.29, 0.717) is 23.8 Å². The highest BCUT2D eigenvalue weighted by molar-refractivity contribution is 7.88. The minimum absolute atomic E-state index is 0.0297. The molecule has 0 spiro atoms. The Morgan fingerprint density at radius 3 is 2.65 bits per heavy atom. The third kappa shape index (κ3) is 6.36. The van der Waals surface area contributed by atoms with Crippen LogP contribution in [0.5, 0.6) is 0 Å². The molecule has 5 nitrogen and oxygen atoms in total. The molecule has 114 valence electrons. The normalized spacial score (nSPS) is 12.2. The molecule has 0 radical (unpaired) electrons. The summed E-state index contributed by atoms with van der Waals surface area (Å²) in [5, 5.41) is 0. The first kappa shape index (κ1) is 16.9. The van der Waals surface area contributed by atoms with Crippen molar-refractivity contribution >= 4 is 15.7 Å². The smallest absolute Gasteiger partial charge is 0.215 e. The molecule has 0 unspecified atom stereocenters. The molecule has 0 saturated heterocycles. The fourth-order valence-electron chi connectivity index (χ4n) is 1.77. The van der Waals surface area contributed by atoms with Crippen molar-refractivity contribution in [1.29, 1.82) is 0 Å². The van der Waals surface area contributed by atoms with Crippen molar-refractivity contribution in [1.82, 2.24) is 9.62 Å². The van der Waals surface area contributed by atoms with Gasteiger partial charge in [-0.15, -0.1) is 0 Å². The van der Waals surface area contributed by atoms with E-state index in [1.807, 2.05) is 7.05 Å². The van der Waals surface area contributed by atoms with Crippen molar-refractivity contribution in [2.24, 2.45) is 0 Å². The van der Waals surface area contributed by atoms with Crippen LogP contribution < -0.4 is 10.5 Å². The summed E-state index contributed by atoms with van der Waals surface area (Å²) in [6.07, 6.45) is 0.796. The minimum Gasteiger partial charge on any atom is -0.399 e. The first-order chi connectivity index (χ1) is 9.30. The minimum atomic E-state index is -3.29. The van der Waals surface area contributed by atoms with Crippen LogP contribution in [0.3, 0.4) is 0 Å². The van der Waals surface area contributed by atoms with Gasteiger partial charge in [-0.05, 0) is 51.6 Å². The number of nitrogens with one attached hydrogen (secondary N) is 1. The van der Waals surface area contributed by atoms with Gasteiger partial charge in [0.05, 0.1) is 5.75 Å². The molecule has 0 aliphatic rings. The van der Waals surface area contributed by atoms with E-state index >= 15 is 0 Å². The fraction of sp³-hybridized carbons (Fsp3) is 0.571. The average Bonchev–Trinajstić information content (AvgIpc) is 2.33. The van der Waals surface area contributed by atoms with Crippen LogP contribution in [0, 0.1) is 0 Å². The van der Waals surface area contributed by atoms with Gasteiger partial charge >= 0.3 is 0 Å². The highest BCUT2D eigenvalue weighted by Gasteiger charge is 2.11. The zero-order valence-corrected chi connectivity index (χ0v) is 13.3. The second-order valence-electron chi connectivity index (χ2n) is 5.33. The second kappa shape index (κ2) is 7.61. The number of anilines is 1. The lowest BCUT2D eigenvalue weighted by molar-refractivity contribution is 0.271. The van der Waals surface area contributed by atoms with Crippen molar-refractivity contribution < 1.29 is 8.42 Å². The first-order valence-corrected chi connectivity index (χ1v) is 8.47. The van der Waals surface area contributed by atoms with E-state index < -0.39 is 10.0 Å². The van der Waals surface area contributed by atoms with Gasteiger partial charge in [-0.25, -0.2) is 13.1 Å². The number of hydrogen-bond acceptors (Lipinski definition) is 4. The van der Waals surface area contributed by atoms with Gasteiger partial charge in [-0.2, -0.15) is 0 Å². The summed E-state index contributed by atoms with van der Waals surface area (Å²) < 4.78 is 26.5. The van der Waals surface area contributed by atoms with Crippen molar-refractivity contribution in [3.05, 3.63) is 29.8 Å². The van der Waals surface area contributed by atoms with Gasteiger partial charge in [0.15, 0.2) is 0 Å². The maximum absolute atomic E-state index is 11.9. The Morgan fingerprint density at radius 1 is 1.35 bits per heavy atom. The molecule has 6 heteroatoms. The summed E-state index contributed by atoms with van der Waals surface area (Å²) in [6, 6.07) is 7.43. The largest absolute Gasteiger partial charge is 0.399 e. The molecule has 0 aromatic heterocycles. The van der Waals surface area contributed by atoms with E-state index in [1.54, 1.807) is 24.3 Å². The zero-order valence-electron chi connectivity index (χ0n) is 12.5. The molecule has 1 aromatic rings. The lowest BCUT2D eigenvalue weighted by Gasteiger charge is -2.20. The van der Waals surface area contributed by atoms with Gasteiger partial charge in [0, 0.05) is 18.3 Å². The Kier molecular flexibility index (Phi) is 6.45. The van der Waals surface area contributed by atoms with E-state index in [-0.39, 0.29) is 5.75 Å². The quantitative estimate of drug-likeness (QED) is 0.562.